The Balaban J connectivity index is 1.22. The minimum absolute atomic E-state index is 0.00653. The van der Waals surface area contributed by atoms with E-state index in [1.54, 1.807) is 20.2 Å². The van der Waals surface area contributed by atoms with Crippen molar-refractivity contribution in [2.24, 2.45) is 29.1 Å². The fourth-order valence-electron chi connectivity index (χ4n) is 8.74. The molecule has 2 aromatic rings. The molecule has 4 heterocycles. The highest BCUT2D eigenvalue weighted by Gasteiger charge is 2.63. The number of esters is 1. The largest absolute Gasteiger partial charge is 0.494 e. The lowest BCUT2D eigenvalue weighted by atomic mass is 9.82. The van der Waals surface area contributed by atoms with Crippen molar-refractivity contribution in [2.45, 2.75) is 101 Å². The molecule has 0 radical (unpaired) electrons. The van der Waals surface area contributed by atoms with Crippen molar-refractivity contribution in [2.75, 3.05) is 33.5 Å². The van der Waals surface area contributed by atoms with Gasteiger partial charge in [-0.3, -0.25) is 23.9 Å². The van der Waals surface area contributed by atoms with Gasteiger partial charge in [-0.15, -0.1) is 0 Å². The smallest absolute Gasteiger partial charge is 0.307 e. The molecule has 13 nitrogen and oxygen atoms in total. The van der Waals surface area contributed by atoms with Crippen molar-refractivity contribution in [3.63, 3.8) is 0 Å². The number of fused-ring (bicyclic) bond motifs is 3. The number of allylic oxidation sites excluding steroid dienone is 2. The second-order valence-electron chi connectivity index (χ2n) is 17.1. The highest BCUT2D eigenvalue weighted by atomic mass is 32.2. The molecule has 0 bridgehead atoms. The van der Waals surface area contributed by atoms with Gasteiger partial charge in [-0.1, -0.05) is 44.2 Å². The Bertz CT molecular complexity index is 2020. The van der Waals surface area contributed by atoms with Crippen LogP contribution in [0.5, 0.6) is 11.6 Å². The van der Waals surface area contributed by atoms with Crippen molar-refractivity contribution >= 4 is 44.4 Å². The van der Waals surface area contributed by atoms with Crippen molar-refractivity contribution in [3.05, 3.63) is 42.6 Å². The maximum atomic E-state index is 14.9. The fourth-order valence-corrected chi connectivity index (χ4v) is 10.2. The second kappa shape index (κ2) is 15.3. The third kappa shape index (κ3) is 7.77. The van der Waals surface area contributed by atoms with Crippen LogP contribution in [0.25, 0.3) is 10.8 Å². The predicted octanol–water partition coefficient (Wildman–Crippen LogP) is 4.86. The summed E-state index contributed by atoms with van der Waals surface area (Å²) < 4.78 is 63.9. The van der Waals surface area contributed by atoms with Crippen molar-refractivity contribution < 1.29 is 50.9 Å². The quantitative estimate of drug-likeness (QED) is 0.258. The topological polar surface area (TPSA) is 167 Å². The SMILES string of the molecule is COc1cnc(O[C@@H]2C[C@H]3C(=O)C[C@]4(C(=O)NS(=O)(=O)C5(CF)CC5)C[C@H]4/C=C\CC[C@@H](C)C[C@@H](C)[C@H](CC(=O)OC4(C)COC4)C(=O)N3C2)c2ccccc12. The number of nitrogens with one attached hydrogen (secondary N) is 1. The Hall–Kier alpha value is -4.11. The Morgan fingerprint density at radius 1 is 1.11 bits per heavy atom. The number of Topliss-reactive ketones (excluding diaryl/α,β-unsaturated/α-hetero) is 1. The van der Waals surface area contributed by atoms with Crippen LogP contribution >= 0.6 is 0 Å². The van der Waals surface area contributed by atoms with E-state index in [2.05, 4.69) is 16.6 Å². The fraction of sp³-hybridized carbons (Fsp3) is 0.634. The van der Waals surface area contributed by atoms with E-state index < -0.39 is 80.0 Å². The summed E-state index contributed by atoms with van der Waals surface area (Å²) in [4.78, 5) is 62.9. The molecular weight excluding hydrogens is 746 g/mol. The molecule has 7 rings (SSSR count). The molecule has 5 aliphatic rings. The normalized spacial score (nSPS) is 31.8. The van der Waals surface area contributed by atoms with Crippen molar-refractivity contribution in [1.82, 2.24) is 14.6 Å². The number of benzene rings is 1. The van der Waals surface area contributed by atoms with Gasteiger partial charge in [-0.25, -0.2) is 17.8 Å². The summed E-state index contributed by atoms with van der Waals surface area (Å²) in [6.45, 7) is 5.24. The summed E-state index contributed by atoms with van der Waals surface area (Å²) in [5, 5.41) is 1.44. The van der Waals surface area contributed by atoms with Crippen molar-refractivity contribution in [3.8, 4) is 11.6 Å². The van der Waals surface area contributed by atoms with Gasteiger partial charge >= 0.3 is 5.97 Å². The molecule has 3 aliphatic heterocycles. The minimum Gasteiger partial charge on any atom is -0.494 e. The number of sulfonamides is 1. The highest BCUT2D eigenvalue weighted by molar-refractivity contribution is 7.91. The zero-order valence-corrected chi connectivity index (χ0v) is 33.3. The number of pyridine rings is 1. The number of carbonyl (C=O) groups excluding carboxylic acids is 4. The zero-order chi connectivity index (χ0) is 40.0. The number of rotatable bonds is 10. The summed E-state index contributed by atoms with van der Waals surface area (Å²) in [5.74, 6) is -2.68. The first-order valence-corrected chi connectivity index (χ1v) is 21.1. The van der Waals surface area contributed by atoms with Crippen LogP contribution in [0, 0.1) is 29.1 Å². The van der Waals surface area contributed by atoms with Gasteiger partial charge in [0.25, 0.3) is 0 Å². The van der Waals surface area contributed by atoms with Gasteiger partial charge < -0.3 is 23.8 Å². The number of aromatic nitrogens is 1. The lowest BCUT2D eigenvalue weighted by molar-refractivity contribution is -0.207. The first-order chi connectivity index (χ1) is 26.6. The van der Waals surface area contributed by atoms with E-state index in [-0.39, 0.29) is 70.1 Å². The van der Waals surface area contributed by atoms with Crippen LogP contribution in [0.15, 0.2) is 42.6 Å². The molecule has 15 heteroatoms. The molecule has 2 saturated carbocycles. The third-order valence-corrected chi connectivity index (χ3v) is 14.7. The zero-order valence-electron chi connectivity index (χ0n) is 32.5. The van der Waals surface area contributed by atoms with Gasteiger partial charge in [-0.05, 0) is 69.3 Å². The van der Waals surface area contributed by atoms with Crippen LogP contribution in [0.4, 0.5) is 4.39 Å². The second-order valence-corrected chi connectivity index (χ2v) is 19.1. The molecule has 1 aromatic heterocycles. The van der Waals surface area contributed by atoms with E-state index in [4.69, 9.17) is 18.9 Å². The monoisotopic (exact) mass is 797 g/mol. The number of ketones is 1. The Kier molecular flexibility index (Phi) is 11.0. The van der Waals surface area contributed by atoms with Crippen LogP contribution in [0.3, 0.4) is 0 Å². The molecule has 56 heavy (non-hydrogen) atoms. The first-order valence-electron chi connectivity index (χ1n) is 19.6. The number of methoxy groups -OCH3 is 1. The maximum Gasteiger partial charge on any atom is 0.307 e. The predicted molar refractivity (Wildman–Crippen MR) is 203 cm³/mol. The number of halogens is 1. The molecule has 2 aliphatic carbocycles. The molecule has 1 aromatic carbocycles. The van der Waals surface area contributed by atoms with Gasteiger partial charge in [0.1, 0.15) is 23.3 Å². The number of nitrogens with zero attached hydrogens (tertiary/aromatic N) is 2. The number of hydrogen-bond donors (Lipinski definition) is 1. The molecule has 2 amide bonds. The molecule has 7 atom stereocenters. The lowest BCUT2D eigenvalue weighted by Crippen LogP contribution is -2.51. The molecule has 0 unspecified atom stereocenters. The standard InChI is InChI=1S/C41H52FN3O10S/c1-25-9-5-6-10-27-18-41(27,38(49)44-56(50,51)40(22-42)13-14-40)19-33(46)32-16-28(54-36-30-12-8-7-11-29(30)34(52-4)20-43-36)21-45(32)37(48)31(26(2)15-25)17-35(47)55-39(3)23-53-24-39/h6-8,10-12,20,25-28,31-32H,5,9,13-19,21-24H2,1-4H3,(H,44,49)/b10-6-/t25-,26-,27-,28-,31+,32+,41-/m1/s1. The Morgan fingerprint density at radius 2 is 1.84 bits per heavy atom. The van der Waals surface area contributed by atoms with Crippen LogP contribution < -0.4 is 14.2 Å². The van der Waals surface area contributed by atoms with E-state index in [0.29, 0.717) is 29.9 Å². The van der Waals surface area contributed by atoms with Gasteiger partial charge in [0.15, 0.2) is 11.4 Å². The van der Waals surface area contributed by atoms with E-state index >= 15 is 0 Å². The van der Waals surface area contributed by atoms with Crippen molar-refractivity contribution in [1.29, 1.82) is 0 Å². The van der Waals surface area contributed by atoms with E-state index in [9.17, 15) is 32.0 Å². The average Bonchev–Trinajstić information content (AvgIpc) is 4.06. The molecule has 304 valence electrons. The summed E-state index contributed by atoms with van der Waals surface area (Å²) >= 11 is 0. The lowest BCUT2D eigenvalue weighted by Gasteiger charge is -2.38. The molecule has 0 spiro atoms. The number of hydrogen-bond acceptors (Lipinski definition) is 11. The Labute approximate surface area is 327 Å². The molecular formula is C41H52FN3O10S. The average molecular weight is 798 g/mol. The van der Waals surface area contributed by atoms with Gasteiger partial charge in [0.2, 0.25) is 27.7 Å². The van der Waals surface area contributed by atoms with Gasteiger partial charge in [0, 0.05) is 23.6 Å². The van der Waals surface area contributed by atoms with E-state index in [1.807, 2.05) is 43.3 Å². The van der Waals surface area contributed by atoms with Crippen LogP contribution in [-0.2, 0) is 38.7 Å². The summed E-state index contributed by atoms with van der Waals surface area (Å²) in [7, 11) is -2.79. The molecule has 2 saturated heterocycles. The van der Waals surface area contributed by atoms with E-state index in [0.717, 1.165) is 11.8 Å². The van der Waals surface area contributed by atoms with Crippen LogP contribution in [0.1, 0.15) is 78.6 Å². The van der Waals surface area contributed by atoms with Gasteiger partial charge in [-0.2, -0.15) is 0 Å². The number of amides is 2. The summed E-state index contributed by atoms with van der Waals surface area (Å²) in [6.07, 6.45) is 6.75. The van der Waals surface area contributed by atoms with Crippen LogP contribution in [-0.4, -0.2) is 97.9 Å². The van der Waals surface area contributed by atoms with Gasteiger partial charge in [0.05, 0.1) is 56.9 Å². The first kappa shape index (κ1) is 40.1. The van der Waals surface area contributed by atoms with E-state index in [1.165, 1.54) is 4.90 Å². The number of ether oxygens (including phenoxy) is 4. The highest BCUT2D eigenvalue weighted by Crippen LogP contribution is 2.58. The molecule has 1 N–H and O–H groups in total. The summed E-state index contributed by atoms with van der Waals surface area (Å²) in [5.41, 5.74) is -2.16. The Morgan fingerprint density at radius 3 is 2.50 bits per heavy atom. The van der Waals surface area contributed by atoms with Crippen LogP contribution in [0.2, 0.25) is 0 Å². The number of carbonyl (C=O) groups is 4. The summed E-state index contributed by atoms with van der Waals surface area (Å²) in [6, 6.07) is 6.38. The number of alkyl halides is 1. The third-order valence-electron chi connectivity index (χ3n) is 12.6. The maximum absolute atomic E-state index is 14.9. The minimum atomic E-state index is -4.34. The molecule has 4 fully saturated rings.